The number of hydrogen-bond acceptors (Lipinski definition) is 3. The number of hydrogen-bond donors (Lipinski definition) is 1. The quantitative estimate of drug-likeness (QED) is 0.586. The van der Waals surface area contributed by atoms with Crippen molar-refractivity contribution in [1.29, 1.82) is 0 Å². The third-order valence-corrected chi connectivity index (χ3v) is 4.57. The monoisotopic (exact) mass is 371 g/mol. The Morgan fingerprint density at radius 1 is 1.19 bits per heavy atom. The lowest BCUT2D eigenvalue weighted by Crippen LogP contribution is -2.52. The van der Waals surface area contributed by atoms with Crippen LogP contribution in [0.1, 0.15) is 18.9 Å². The van der Waals surface area contributed by atoms with E-state index in [0.717, 1.165) is 45.2 Å². The van der Waals surface area contributed by atoms with E-state index >= 15 is 0 Å². The summed E-state index contributed by atoms with van der Waals surface area (Å²) in [5, 5.41) is 3.35. The lowest BCUT2D eigenvalue weighted by Gasteiger charge is -2.36. The van der Waals surface area contributed by atoms with Crippen molar-refractivity contribution in [2.45, 2.75) is 13.3 Å². The lowest BCUT2D eigenvalue weighted by atomic mass is 10.2. The number of piperazine rings is 1. The maximum Gasteiger partial charge on any atom is 0.223 e. The van der Waals surface area contributed by atoms with Gasteiger partial charge in [0.25, 0.3) is 0 Å². The number of guanidine groups is 1. The van der Waals surface area contributed by atoms with Gasteiger partial charge in [-0.1, -0.05) is 42.5 Å². The Hall–Kier alpha value is -2.34. The van der Waals surface area contributed by atoms with Gasteiger partial charge in [-0.15, -0.1) is 0 Å². The Morgan fingerprint density at radius 3 is 2.52 bits per heavy atom. The first kappa shape index (κ1) is 21.0. The van der Waals surface area contributed by atoms with Crippen LogP contribution < -0.4 is 5.32 Å². The number of carbonyl (C=O) groups is 1. The first-order valence-corrected chi connectivity index (χ1v) is 9.77. The molecule has 148 valence electrons. The Kier molecular flexibility index (Phi) is 8.84. The molecule has 0 bridgehead atoms. The van der Waals surface area contributed by atoms with Crippen LogP contribution in [0.15, 0.2) is 41.4 Å². The fourth-order valence-corrected chi connectivity index (χ4v) is 2.95. The van der Waals surface area contributed by atoms with Gasteiger partial charge in [0.2, 0.25) is 5.91 Å². The topological polar surface area (TPSA) is 51.2 Å². The molecule has 0 atom stereocenters. The van der Waals surface area contributed by atoms with Gasteiger partial charge in [0.1, 0.15) is 0 Å². The molecule has 27 heavy (non-hydrogen) atoms. The zero-order valence-corrected chi connectivity index (χ0v) is 16.9. The van der Waals surface area contributed by atoms with Gasteiger partial charge in [0, 0.05) is 59.8 Å². The Balaban J connectivity index is 1.79. The highest BCUT2D eigenvalue weighted by atomic mass is 16.2. The van der Waals surface area contributed by atoms with E-state index in [2.05, 4.69) is 63.5 Å². The molecule has 0 aromatic heterocycles. The molecular formula is C21H33N5O. The van der Waals surface area contributed by atoms with Crippen molar-refractivity contribution < 1.29 is 4.79 Å². The Bertz CT molecular complexity index is 619. The molecule has 1 saturated heterocycles. The van der Waals surface area contributed by atoms with Gasteiger partial charge in [0.05, 0.1) is 6.54 Å². The van der Waals surface area contributed by atoms with Gasteiger partial charge >= 0.3 is 0 Å². The van der Waals surface area contributed by atoms with Crippen LogP contribution in [0.3, 0.4) is 0 Å². The van der Waals surface area contributed by atoms with Crippen molar-refractivity contribution in [3.63, 3.8) is 0 Å². The first-order chi connectivity index (χ1) is 13.1. The van der Waals surface area contributed by atoms with E-state index in [1.165, 1.54) is 5.56 Å². The van der Waals surface area contributed by atoms with Gasteiger partial charge in [-0.2, -0.15) is 0 Å². The number of benzene rings is 1. The molecule has 1 N–H and O–H groups in total. The van der Waals surface area contributed by atoms with Crippen molar-refractivity contribution in [2.75, 3.05) is 59.9 Å². The highest BCUT2D eigenvalue weighted by molar-refractivity contribution is 5.81. The highest BCUT2D eigenvalue weighted by Crippen LogP contribution is 2.05. The van der Waals surface area contributed by atoms with Gasteiger partial charge in [-0.05, 0) is 12.5 Å². The molecule has 1 heterocycles. The normalized spacial score (nSPS) is 16.0. The summed E-state index contributed by atoms with van der Waals surface area (Å²) in [5.74, 6) is 1.04. The van der Waals surface area contributed by atoms with Crippen LogP contribution in [-0.2, 0) is 4.79 Å². The molecule has 1 aromatic carbocycles. The molecule has 6 heteroatoms. The van der Waals surface area contributed by atoms with Gasteiger partial charge in [-0.3, -0.25) is 14.7 Å². The van der Waals surface area contributed by atoms with E-state index in [0.29, 0.717) is 13.0 Å². The minimum absolute atomic E-state index is 0.115. The number of rotatable bonds is 7. The van der Waals surface area contributed by atoms with Crippen molar-refractivity contribution in [3.05, 3.63) is 42.0 Å². The van der Waals surface area contributed by atoms with E-state index in [-0.39, 0.29) is 5.91 Å². The second-order valence-corrected chi connectivity index (χ2v) is 6.87. The molecule has 6 nitrogen and oxygen atoms in total. The fourth-order valence-electron chi connectivity index (χ4n) is 2.95. The van der Waals surface area contributed by atoms with E-state index in [4.69, 9.17) is 0 Å². The van der Waals surface area contributed by atoms with Crippen LogP contribution in [0.25, 0.3) is 6.08 Å². The standard InChI is InChI=1S/C21H33N5O/c1-4-22-21(23-13-12-20(27)24(2)3)26-17-15-25(16-18-26)14-8-11-19-9-6-5-7-10-19/h5-11H,4,12-18H2,1-3H3,(H,22,23). The number of aliphatic imine (C=N–C) groups is 1. The lowest BCUT2D eigenvalue weighted by molar-refractivity contribution is -0.128. The molecule has 1 fully saturated rings. The SMILES string of the molecule is CCNC(=NCCC(=O)N(C)C)N1CCN(CC=Cc2ccccc2)CC1. The summed E-state index contributed by atoms with van der Waals surface area (Å²) in [6.07, 6.45) is 4.86. The van der Waals surface area contributed by atoms with Crippen molar-refractivity contribution in [2.24, 2.45) is 4.99 Å². The van der Waals surface area contributed by atoms with Crippen LogP contribution in [0.4, 0.5) is 0 Å². The fraction of sp³-hybridized carbons (Fsp3) is 0.524. The predicted molar refractivity (Wildman–Crippen MR) is 113 cm³/mol. The van der Waals surface area contributed by atoms with Crippen LogP contribution in [0.5, 0.6) is 0 Å². The summed E-state index contributed by atoms with van der Waals surface area (Å²) >= 11 is 0. The molecular weight excluding hydrogens is 338 g/mol. The van der Waals surface area contributed by atoms with Crippen LogP contribution in [-0.4, -0.2) is 86.5 Å². The molecule has 0 aliphatic carbocycles. The minimum Gasteiger partial charge on any atom is -0.357 e. The summed E-state index contributed by atoms with van der Waals surface area (Å²) in [4.78, 5) is 22.7. The maximum absolute atomic E-state index is 11.7. The minimum atomic E-state index is 0.115. The number of carbonyl (C=O) groups excluding carboxylic acids is 1. The van der Waals surface area contributed by atoms with Crippen molar-refractivity contribution in [3.8, 4) is 0 Å². The number of nitrogens with zero attached hydrogens (tertiary/aromatic N) is 4. The summed E-state index contributed by atoms with van der Waals surface area (Å²) in [6, 6.07) is 10.4. The van der Waals surface area contributed by atoms with E-state index in [1.807, 2.05) is 6.07 Å². The zero-order chi connectivity index (χ0) is 19.5. The van der Waals surface area contributed by atoms with E-state index in [1.54, 1.807) is 19.0 Å². The van der Waals surface area contributed by atoms with Gasteiger partial charge in [-0.25, -0.2) is 0 Å². The molecule has 1 amide bonds. The Morgan fingerprint density at radius 2 is 1.89 bits per heavy atom. The second-order valence-electron chi connectivity index (χ2n) is 6.87. The third kappa shape index (κ3) is 7.43. The molecule has 1 aliphatic rings. The number of nitrogens with one attached hydrogen (secondary N) is 1. The summed E-state index contributed by atoms with van der Waals surface area (Å²) in [6.45, 7) is 8.33. The Labute approximate surface area is 163 Å². The van der Waals surface area contributed by atoms with Crippen LogP contribution >= 0.6 is 0 Å². The molecule has 1 aromatic rings. The summed E-state index contributed by atoms with van der Waals surface area (Å²) < 4.78 is 0. The molecule has 0 saturated carbocycles. The smallest absolute Gasteiger partial charge is 0.223 e. The van der Waals surface area contributed by atoms with Crippen LogP contribution in [0, 0.1) is 0 Å². The third-order valence-electron chi connectivity index (χ3n) is 4.57. The van der Waals surface area contributed by atoms with E-state index in [9.17, 15) is 4.79 Å². The van der Waals surface area contributed by atoms with Crippen molar-refractivity contribution in [1.82, 2.24) is 20.0 Å². The van der Waals surface area contributed by atoms with Gasteiger partial charge in [0.15, 0.2) is 5.96 Å². The molecule has 0 unspecified atom stereocenters. The summed E-state index contributed by atoms with van der Waals surface area (Å²) in [5.41, 5.74) is 1.24. The molecule has 1 aliphatic heterocycles. The number of amides is 1. The maximum atomic E-state index is 11.7. The average Bonchev–Trinajstić information content (AvgIpc) is 2.68. The predicted octanol–water partition coefficient (Wildman–Crippen LogP) is 1.76. The zero-order valence-electron chi connectivity index (χ0n) is 16.9. The van der Waals surface area contributed by atoms with Crippen molar-refractivity contribution >= 4 is 17.9 Å². The largest absolute Gasteiger partial charge is 0.357 e. The second kappa shape index (κ2) is 11.4. The van der Waals surface area contributed by atoms with Gasteiger partial charge < -0.3 is 15.1 Å². The first-order valence-electron chi connectivity index (χ1n) is 9.77. The molecule has 2 rings (SSSR count). The highest BCUT2D eigenvalue weighted by Gasteiger charge is 2.18. The molecule has 0 radical (unpaired) electrons. The average molecular weight is 372 g/mol. The molecule has 0 spiro atoms. The van der Waals surface area contributed by atoms with Crippen LogP contribution in [0.2, 0.25) is 0 Å². The summed E-state index contributed by atoms with van der Waals surface area (Å²) in [7, 11) is 3.56. The van der Waals surface area contributed by atoms with E-state index < -0.39 is 0 Å².